The normalized spacial score (nSPS) is 18.7. The number of hydrogen-bond acceptors (Lipinski definition) is 5. The van der Waals surface area contributed by atoms with Crippen molar-refractivity contribution in [2.45, 2.75) is 25.0 Å². The fraction of sp³-hybridized carbons (Fsp3) is 0.615. The van der Waals surface area contributed by atoms with E-state index < -0.39 is 5.60 Å². The van der Waals surface area contributed by atoms with Gasteiger partial charge in [-0.15, -0.1) is 0 Å². The van der Waals surface area contributed by atoms with E-state index in [1.807, 2.05) is 11.9 Å². The first-order valence-electron chi connectivity index (χ1n) is 6.38. The molecule has 1 saturated heterocycles. The van der Waals surface area contributed by atoms with Crippen LogP contribution in [0.25, 0.3) is 0 Å². The summed E-state index contributed by atoms with van der Waals surface area (Å²) >= 11 is 6.09. The lowest BCUT2D eigenvalue weighted by Gasteiger charge is -2.35. The number of nitrogens with zero attached hydrogens (tertiary/aromatic N) is 2. The molecule has 0 atom stereocenters. The van der Waals surface area contributed by atoms with E-state index in [0.717, 1.165) is 5.69 Å². The Labute approximate surface area is 118 Å². The van der Waals surface area contributed by atoms with Crippen LogP contribution in [0.2, 0.25) is 5.02 Å². The highest BCUT2D eigenvalue weighted by Gasteiger charge is 2.31. The highest BCUT2D eigenvalue weighted by atomic mass is 35.5. The Kier molecular flexibility index (Phi) is 4.62. The summed E-state index contributed by atoms with van der Waals surface area (Å²) in [5.74, 6) is 0.456. The summed E-state index contributed by atoms with van der Waals surface area (Å²) in [5, 5.41) is 11.0. The third kappa shape index (κ3) is 4.04. The fourth-order valence-electron chi connectivity index (χ4n) is 2.34. The van der Waals surface area contributed by atoms with Crippen molar-refractivity contribution in [3.8, 4) is 0 Å². The number of hydrogen-bond donors (Lipinski definition) is 2. The first-order chi connectivity index (χ1) is 8.98. The van der Waals surface area contributed by atoms with Crippen LogP contribution in [0.3, 0.4) is 0 Å². The van der Waals surface area contributed by atoms with Crippen LogP contribution in [0.5, 0.6) is 0 Å². The second-order valence-electron chi connectivity index (χ2n) is 5.17. The molecule has 1 aliphatic heterocycles. The van der Waals surface area contributed by atoms with Crippen LogP contribution in [-0.4, -0.2) is 47.4 Å². The number of pyridine rings is 1. The maximum atomic E-state index is 10.4. The van der Waals surface area contributed by atoms with E-state index in [-0.39, 0.29) is 0 Å². The molecule has 19 heavy (non-hydrogen) atoms. The Bertz CT molecular complexity index is 436. The van der Waals surface area contributed by atoms with Gasteiger partial charge in [0.25, 0.3) is 0 Å². The van der Waals surface area contributed by atoms with Gasteiger partial charge in [0.15, 0.2) is 0 Å². The van der Waals surface area contributed by atoms with Crippen molar-refractivity contribution in [2.24, 2.45) is 0 Å². The molecule has 0 amide bonds. The molecule has 2 heterocycles. The molecule has 6 heteroatoms. The molecule has 2 rings (SSSR count). The van der Waals surface area contributed by atoms with Crippen LogP contribution in [0.1, 0.15) is 18.5 Å². The van der Waals surface area contributed by atoms with Gasteiger partial charge in [0.1, 0.15) is 5.82 Å². The maximum Gasteiger partial charge on any atom is 0.123 e. The molecule has 0 spiro atoms. The second-order valence-corrected chi connectivity index (χ2v) is 5.58. The predicted molar refractivity (Wildman–Crippen MR) is 75.0 cm³/mol. The maximum absolute atomic E-state index is 10.4. The SMILES string of the molecule is CN(Cc1nc(N)ccc1Cl)CC1(O)CCOCC1. The quantitative estimate of drug-likeness (QED) is 0.872. The summed E-state index contributed by atoms with van der Waals surface area (Å²) in [5.41, 5.74) is 5.71. The van der Waals surface area contributed by atoms with E-state index in [9.17, 15) is 5.11 Å². The number of aromatic nitrogens is 1. The summed E-state index contributed by atoms with van der Waals surface area (Å²) in [4.78, 5) is 6.24. The molecular formula is C13H20ClN3O2. The highest BCUT2D eigenvalue weighted by molar-refractivity contribution is 6.31. The van der Waals surface area contributed by atoms with E-state index in [1.165, 1.54) is 0 Å². The van der Waals surface area contributed by atoms with Crippen molar-refractivity contribution in [1.29, 1.82) is 0 Å². The molecule has 0 aromatic carbocycles. The number of likely N-dealkylation sites (N-methyl/N-ethyl adjacent to an activating group) is 1. The Morgan fingerprint density at radius 3 is 2.84 bits per heavy atom. The molecule has 1 aliphatic rings. The van der Waals surface area contributed by atoms with E-state index in [4.69, 9.17) is 22.1 Å². The lowest BCUT2D eigenvalue weighted by molar-refractivity contribution is -0.0778. The third-order valence-corrected chi connectivity index (χ3v) is 3.69. The summed E-state index contributed by atoms with van der Waals surface area (Å²) < 4.78 is 5.27. The minimum Gasteiger partial charge on any atom is -0.388 e. The van der Waals surface area contributed by atoms with Crippen LogP contribution < -0.4 is 5.73 Å². The zero-order valence-corrected chi connectivity index (χ0v) is 11.9. The van der Waals surface area contributed by atoms with Gasteiger partial charge in [0.2, 0.25) is 0 Å². The van der Waals surface area contributed by atoms with Gasteiger partial charge < -0.3 is 15.6 Å². The Hall–Kier alpha value is -0.880. The van der Waals surface area contributed by atoms with Crippen molar-refractivity contribution < 1.29 is 9.84 Å². The molecule has 0 aliphatic carbocycles. The van der Waals surface area contributed by atoms with Crippen molar-refractivity contribution in [3.63, 3.8) is 0 Å². The molecular weight excluding hydrogens is 266 g/mol. The Balaban J connectivity index is 1.96. The van der Waals surface area contributed by atoms with E-state index >= 15 is 0 Å². The minimum atomic E-state index is -0.681. The molecule has 5 nitrogen and oxygen atoms in total. The third-order valence-electron chi connectivity index (χ3n) is 3.35. The molecule has 1 aromatic heterocycles. The van der Waals surface area contributed by atoms with Gasteiger partial charge in [-0.2, -0.15) is 0 Å². The smallest absolute Gasteiger partial charge is 0.123 e. The zero-order chi connectivity index (χ0) is 13.9. The number of nitrogen functional groups attached to an aromatic ring is 1. The second kappa shape index (κ2) is 6.05. The van der Waals surface area contributed by atoms with Crippen LogP contribution >= 0.6 is 11.6 Å². The number of nitrogens with two attached hydrogens (primary N) is 1. The van der Waals surface area contributed by atoms with Gasteiger partial charge in [-0.3, -0.25) is 4.90 Å². The molecule has 106 valence electrons. The van der Waals surface area contributed by atoms with Crippen molar-refractivity contribution in [3.05, 3.63) is 22.8 Å². The van der Waals surface area contributed by atoms with Crippen molar-refractivity contribution in [1.82, 2.24) is 9.88 Å². The monoisotopic (exact) mass is 285 g/mol. The summed E-state index contributed by atoms with van der Waals surface area (Å²) in [6.45, 7) is 2.36. The van der Waals surface area contributed by atoms with Crippen molar-refractivity contribution >= 4 is 17.4 Å². The molecule has 0 radical (unpaired) electrons. The first kappa shape index (κ1) is 14.5. The van der Waals surface area contributed by atoms with E-state index in [1.54, 1.807) is 12.1 Å². The number of anilines is 1. The highest BCUT2D eigenvalue weighted by Crippen LogP contribution is 2.23. The van der Waals surface area contributed by atoms with Crippen molar-refractivity contribution in [2.75, 3.05) is 32.5 Å². The summed E-state index contributed by atoms with van der Waals surface area (Å²) in [7, 11) is 1.94. The summed E-state index contributed by atoms with van der Waals surface area (Å²) in [6.07, 6.45) is 1.32. The number of ether oxygens (including phenoxy) is 1. The lowest BCUT2D eigenvalue weighted by atomic mass is 9.94. The molecule has 1 fully saturated rings. The molecule has 0 saturated carbocycles. The van der Waals surface area contributed by atoms with Gasteiger partial charge >= 0.3 is 0 Å². The first-order valence-corrected chi connectivity index (χ1v) is 6.76. The lowest BCUT2D eigenvalue weighted by Crippen LogP contribution is -2.45. The average molecular weight is 286 g/mol. The molecule has 3 N–H and O–H groups in total. The number of halogens is 1. The van der Waals surface area contributed by atoms with Gasteiger partial charge in [0.05, 0.1) is 16.3 Å². The van der Waals surface area contributed by atoms with Crippen LogP contribution in [-0.2, 0) is 11.3 Å². The number of aliphatic hydroxyl groups is 1. The molecule has 0 unspecified atom stereocenters. The predicted octanol–water partition coefficient (Wildman–Crippen LogP) is 1.29. The Morgan fingerprint density at radius 1 is 1.47 bits per heavy atom. The van der Waals surface area contributed by atoms with Crippen LogP contribution in [0.4, 0.5) is 5.82 Å². The topological polar surface area (TPSA) is 71.6 Å². The van der Waals surface area contributed by atoms with Crippen LogP contribution in [0, 0.1) is 0 Å². The Morgan fingerprint density at radius 2 is 2.16 bits per heavy atom. The van der Waals surface area contributed by atoms with Gasteiger partial charge in [-0.25, -0.2) is 4.98 Å². The standard InChI is InChI=1S/C13H20ClN3O2/c1-17(9-13(18)4-6-19-7-5-13)8-11-10(14)2-3-12(15)16-11/h2-3,18H,4-9H2,1H3,(H2,15,16). The summed E-state index contributed by atoms with van der Waals surface area (Å²) in [6, 6.07) is 3.42. The van der Waals surface area contributed by atoms with Crippen LogP contribution in [0.15, 0.2) is 12.1 Å². The van der Waals surface area contributed by atoms with Gasteiger partial charge in [0, 0.05) is 39.1 Å². The van der Waals surface area contributed by atoms with E-state index in [2.05, 4.69) is 4.98 Å². The number of rotatable bonds is 4. The molecule has 1 aromatic rings. The van der Waals surface area contributed by atoms with E-state index in [0.29, 0.717) is 50.0 Å². The zero-order valence-electron chi connectivity index (χ0n) is 11.1. The minimum absolute atomic E-state index is 0.456. The van der Waals surface area contributed by atoms with Gasteiger partial charge in [-0.1, -0.05) is 11.6 Å². The fourth-order valence-corrected chi connectivity index (χ4v) is 2.50. The molecule has 0 bridgehead atoms. The average Bonchev–Trinajstić information content (AvgIpc) is 2.34. The van der Waals surface area contributed by atoms with Gasteiger partial charge in [-0.05, 0) is 19.2 Å². The largest absolute Gasteiger partial charge is 0.388 e.